The number of anilines is 1. The number of thioether (sulfide) groups is 1. The SMILES string of the molecule is N#Cc1ccnc(SCC(=O)NC(=O)Nc2ccccc2)c1. The van der Waals surface area contributed by atoms with E-state index in [2.05, 4.69) is 15.6 Å². The van der Waals surface area contributed by atoms with Crippen LogP contribution in [0.2, 0.25) is 0 Å². The molecule has 2 aromatic rings. The average Bonchev–Trinajstić information content (AvgIpc) is 2.54. The summed E-state index contributed by atoms with van der Waals surface area (Å²) in [6.07, 6.45) is 1.50. The largest absolute Gasteiger partial charge is 0.325 e. The molecule has 2 N–H and O–H groups in total. The number of hydrogen-bond acceptors (Lipinski definition) is 5. The fourth-order valence-corrected chi connectivity index (χ4v) is 2.24. The van der Waals surface area contributed by atoms with Crippen LogP contribution < -0.4 is 10.6 Å². The van der Waals surface area contributed by atoms with Crippen molar-refractivity contribution in [2.45, 2.75) is 5.03 Å². The molecule has 22 heavy (non-hydrogen) atoms. The third-order valence-electron chi connectivity index (χ3n) is 2.50. The van der Waals surface area contributed by atoms with Crippen molar-refractivity contribution < 1.29 is 9.59 Å². The second-order valence-corrected chi connectivity index (χ2v) is 5.15. The third kappa shape index (κ3) is 4.92. The third-order valence-corrected chi connectivity index (χ3v) is 3.43. The lowest BCUT2D eigenvalue weighted by Crippen LogP contribution is -2.35. The fourth-order valence-electron chi connectivity index (χ4n) is 1.54. The summed E-state index contributed by atoms with van der Waals surface area (Å²) < 4.78 is 0. The number of aromatic nitrogens is 1. The van der Waals surface area contributed by atoms with Crippen LogP contribution in [0.15, 0.2) is 53.7 Å². The van der Waals surface area contributed by atoms with Gasteiger partial charge in [-0.2, -0.15) is 5.26 Å². The van der Waals surface area contributed by atoms with E-state index in [9.17, 15) is 9.59 Å². The molecule has 2 rings (SSSR count). The van der Waals surface area contributed by atoms with Crippen molar-refractivity contribution in [2.75, 3.05) is 11.1 Å². The Balaban J connectivity index is 1.80. The van der Waals surface area contributed by atoms with Gasteiger partial charge in [0, 0.05) is 11.9 Å². The van der Waals surface area contributed by atoms with Gasteiger partial charge in [0.2, 0.25) is 5.91 Å². The van der Waals surface area contributed by atoms with Crippen molar-refractivity contribution >= 4 is 29.4 Å². The van der Waals surface area contributed by atoms with Crippen LogP contribution >= 0.6 is 11.8 Å². The summed E-state index contributed by atoms with van der Waals surface area (Å²) >= 11 is 1.15. The molecule has 6 nitrogen and oxygen atoms in total. The molecule has 1 aromatic heterocycles. The van der Waals surface area contributed by atoms with Gasteiger partial charge in [0.25, 0.3) is 0 Å². The van der Waals surface area contributed by atoms with Gasteiger partial charge in [0.15, 0.2) is 0 Å². The second-order valence-electron chi connectivity index (χ2n) is 4.15. The van der Waals surface area contributed by atoms with Crippen LogP contribution in [0.25, 0.3) is 0 Å². The van der Waals surface area contributed by atoms with E-state index in [1.54, 1.807) is 36.4 Å². The molecule has 0 radical (unpaired) electrons. The molecule has 0 unspecified atom stereocenters. The zero-order chi connectivity index (χ0) is 15.8. The van der Waals surface area contributed by atoms with Crippen LogP contribution in [0.3, 0.4) is 0 Å². The molecule has 0 aliphatic heterocycles. The van der Waals surface area contributed by atoms with Crippen LogP contribution in [-0.2, 0) is 4.79 Å². The molecule has 7 heteroatoms. The molecule has 0 saturated heterocycles. The lowest BCUT2D eigenvalue weighted by atomic mass is 10.3. The minimum absolute atomic E-state index is 0.0318. The summed E-state index contributed by atoms with van der Waals surface area (Å²) in [4.78, 5) is 27.3. The second kappa shape index (κ2) is 7.81. The maximum Gasteiger partial charge on any atom is 0.325 e. The number of carbonyl (C=O) groups excluding carboxylic acids is 2. The minimum Gasteiger partial charge on any atom is -0.308 e. The van der Waals surface area contributed by atoms with Crippen LogP contribution in [-0.4, -0.2) is 22.7 Å². The molecular weight excluding hydrogens is 300 g/mol. The van der Waals surface area contributed by atoms with Crippen LogP contribution in [0.5, 0.6) is 0 Å². The summed E-state index contributed by atoms with van der Waals surface area (Å²) in [5.41, 5.74) is 1.07. The number of nitrogens with zero attached hydrogens (tertiary/aromatic N) is 2. The van der Waals surface area contributed by atoms with Gasteiger partial charge in [-0.05, 0) is 24.3 Å². The van der Waals surface area contributed by atoms with Crippen molar-refractivity contribution in [1.29, 1.82) is 5.26 Å². The van der Waals surface area contributed by atoms with E-state index >= 15 is 0 Å². The molecule has 0 saturated carbocycles. The Morgan fingerprint density at radius 3 is 2.73 bits per heavy atom. The topological polar surface area (TPSA) is 94.9 Å². The predicted molar refractivity (Wildman–Crippen MR) is 83.3 cm³/mol. The van der Waals surface area contributed by atoms with Crippen LogP contribution in [0.1, 0.15) is 5.56 Å². The highest BCUT2D eigenvalue weighted by Gasteiger charge is 2.09. The molecule has 3 amide bonds. The monoisotopic (exact) mass is 312 g/mol. The maximum atomic E-state index is 11.7. The number of imide groups is 1. The molecule has 110 valence electrons. The van der Waals surface area contributed by atoms with E-state index < -0.39 is 11.9 Å². The van der Waals surface area contributed by atoms with Crippen LogP contribution in [0.4, 0.5) is 10.5 Å². The van der Waals surface area contributed by atoms with Crippen LogP contribution in [0, 0.1) is 11.3 Å². The fraction of sp³-hybridized carbons (Fsp3) is 0.0667. The van der Waals surface area contributed by atoms with Crippen molar-refractivity contribution in [3.8, 4) is 6.07 Å². The summed E-state index contributed by atoms with van der Waals surface area (Å²) in [5, 5.41) is 14.1. The van der Waals surface area contributed by atoms with Gasteiger partial charge in [-0.25, -0.2) is 9.78 Å². The summed E-state index contributed by atoms with van der Waals surface area (Å²) in [5.74, 6) is -0.410. The van der Waals surface area contributed by atoms with Crippen molar-refractivity contribution in [1.82, 2.24) is 10.3 Å². The number of rotatable bonds is 4. The number of amides is 3. The number of nitriles is 1. The Morgan fingerprint density at radius 1 is 1.23 bits per heavy atom. The van der Waals surface area contributed by atoms with Gasteiger partial charge < -0.3 is 5.32 Å². The smallest absolute Gasteiger partial charge is 0.308 e. The zero-order valence-electron chi connectivity index (χ0n) is 11.4. The van der Waals surface area contributed by atoms with Gasteiger partial charge in [-0.15, -0.1) is 0 Å². The van der Waals surface area contributed by atoms with Gasteiger partial charge in [0.1, 0.15) is 0 Å². The van der Waals surface area contributed by atoms with Gasteiger partial charge in [-0.3, -0.25) is 10.1 Å². The first kappa shape index (κ1) is 15.5. The first-order valence-electron chi connectivity index (χ1n) is 6.32. The van der Waals surface area contributed by atoms with Gasteiger partial charge >= 0.3 is 6.03 Å². The number of benzene rings is 1. The Kier molecular flexibility index (Phi) is 5.51. The van der Waals surface area contributed by atoms with E-state index in [-0.39, 0.29) is 5.75 Å². The highest BCUT2D eigenvalue weighted by molar-refractivity contribution is 7.99. The van der Waals surface area contributed by atoms with Crippen molar-refractivity contribution in [2.24, 2.45) is 0 Å². The van der Waals surface area contributed by atoms with E-state index in [0.717, 1.165) is 11.8 Å². The maximum absolute atomic E-state index is 11.7. The number of urea groups is 1. The first-order chi connectivity index (χ1) is 10.7. The van der Waals surface area contributed by atoms with Crippen molar-refractivity contribution in [3.05, 3.63) is 54.2 Å². The number of hydrogen-bond donors (Lipinski definition) is 2. The molecule has 0 fully saturated rings. The molecule has 0 spiro atoms. The predicted octanol–water partition coefficient (Wildman–Crippen LogP) is 2.39. The Hall–Kier alpha value is -2.85. The Morgan fingerprint density at radius 2 is 2.00 bits per heavy atom. The normalized spacial score (nSPS) is 9.59. The molecule has 0 aliphatic carbocycles. The Labute approximate surface area is 131 Å². The quantitative estimate of drug-likeness (QED) is 0.845. The zero-order valence-corrected chi connectivity index (χ0v) is 12.3. The minimum atomic E-state index is -0.587. The first-order valence-corrected chi connectivity index (χ1v) is 7.31. The standard InChI is InChI=1S/C15H12N4O2S/c16-9-11-6-7-17-14(8-11)22-10-13(20)19-15(21)18-12-4-2-1-3-5-12/h1-8H,10H2,(H2,18,19,20,21). The van der Waals surface area contributed by atoms with E-state index in [1.807, 2.05) is 12.1 Å². The van der Waals surface area contributed by atoms with Gasteiger partial charge in [0.05, 0.1) is 22.4 Å². The number of pyridine rings is 1. The number of carbonyl (C=O) groups is 2. The summed E-state index contributed by atoms with van der Waals surface area (Å²) in [6, 6.07) is 13.4. The van der Waals surface area contributed by atoms with Crippen molar-refractivity contribution in [3.63, 3.8) is 0 Å². The molecular formula is C15H12N4O2S. The Bertz CT molecular complexity index is 713. The molecule has 0 aliphatic rings. The number of nitrogens with one attached hydrogen (secondary N) is 2. The lowest BCUT2D eigenvalue weighted by Gasteiger charge is -2.06. The molecule has 0 atom stereocenters. The molecule has 1 heterocycles. The van der Waals surface area contributed by atoms with E-state index in [0.29, 0.717) is 16.3 Å². The highest BCUT2D eigenvalue weighted by atomic mass is 32.2. The average molecular weight is 312 g/mol. The molecule has 0 bridgehead atoms. The molecule has 1 aromatic carbocycles. The lowest BCUT2D eigenvalue weighted by molar-refractivity contribution is -0.117. The van der Waals surface area contributed by atoms with E-state index in [1.165, 1.54) is 6.20 Å². The van der Waals surface area contributed by atoms with Gasteiger partial charge in [-0.1, -0.05) is 30.0 Å². The summed E-state index contributed by atoms with van der Waals surface area (Å²) in [6.45, 7) is 0. The summed E-state index contributed by atoms with van der Waals surface area (Å²) in [7, 11) is 0. The number of para-hydroxylation sites is 1. The van der Waals surface area contributed by atoms with E-state index in [4.69, 9.17) is 5.26 Å². The highest BCUT2D eigenvalue weighted by Crippen LogP contribution is 2.15.